The van der Waals surface area contributed by atoms with Crippen molar-refractivity contribution in [2.75, 3.05) is 5.32 Å². The van der Waals surface area contributed by atoms with Crippen molar-refractivity contribution in [1.29, 1.82) is 0 Å². The highest BCUT2D eigenvalue weighted by Gasteiger charge is 2.13. The molecule has 0 aromatic heterocycles. The zero-order chi connectivity index (χ0) is 15.4. The molecule has 0 bridgehead atoms. The van der Waals surface area contributed by atoms with Crippen LogP contribution in [0.25, 0.3) is 0 Å². The van der Waals surface area contributed by atoms with Gasteiger partial charge in [-0.1, -0.05) is 33.2 Å². The van der Waals surface area contributed by atoms with Crippen molar-refractivity contribution < 1.29 is 14.4 Å². The minimum atomic E-state index is -0.622. The molecule has 0 heterocycles. The number of amidine groups is 1. The number of anilines is 1. The van der Waals surface area contributed by atoms with Crippen molar-refractivity contribution in [3.8, 4) is 0 Å². The highest BCUT2D eigenvalue weighted by molar-refractivity contribution is 9.10. The number of oxime groups is 1. The molecule has 0 saturated heterocycles. The van der Waals surface area contributed by atoms with Gasteiger partial charge in [-0.3, -0.25) is 4.79 Å². The molecule has 21 heavy (non-hydrogen) atoms. The van der Waals surface area contributed by atoms with E-state index in [0.29, 0.717) is 15.7 Å². The predicted molar refractivity (Wildman–Crippen MR) is 81.0 cm³/mol. The van der Waals surface area contributed by atoms with Crippen LogP contribution in [0.3, 0.4) is 0 Å². The lowest BCUT2D eigenvalue weighted by Crippen LogP contribution is -2.16. The van der Waals surface area contributed by atoms with Crippen LogP contribution in [-0.2, 0) is 0 Å². The molecule has 0 aliphatic carbocycles. The van der Waals surface area contributed by atoms with Crippen LogP contribution in [0.1, 0.15) is 15.9 Å². The molecule has 2 rings (SSSR count). The number of carbonyl (C=O) groups is 1. The Bertz CT molecular complexity index is 719. The van der Waals surface area contributed by atoms with Gasteiger partial charge < -0.3 is 16.3 Å². The fourth-order valence-corrected chi connectivity index (χ4v) is 2.05. The Morgan fingerprint density at radius 3 is 2.76 bits per heavy atom. The summed E-state index contributed by atoms with van der Waals surface area (Å²) in [6.45, 7) is 0. The first-order valence-electron chi connectivity index (χ1n) is 5.85. The van der Waals surface area contributed by atoms with E-state index >= 15 is 0 Å². The highest BCUT2D eigenvalue weighted by Crippen LogP contribution is 2.18. The Kier molecular flexibility index (Phi) is 4.54. The molecule has 108 valence electrons. The number of hydrogen-bond acceptors (Lipinski definition) is 3. The Labute approximate surface area is 128 Å². The third kappa shape index (κ3) is 3.57. The first-order chi connectivity index (χ1) is 10.0. The Morgan fingerprint density at radius 1 is 1.29 bits per heavy atom. The SMILES string of the molecule is N/C(=N/O)c1cccc(NC(=O)c2cc(Br)ccc2F)c1. The van der Waals surface area contributed by atoms with E-state index in [-0.39, 0.29) is 11.4 Å². The average Bonchev–Trinajstić information content (AvgIpc) is 2.49. The van der Waals surface area contributed by atoms with Crippen molar-refractivity contribution >= 4 is 33.4 Å². The summed E-state index contributed by atoms with van der Waals surface area (Å²) in [7, 11) is 0. The van der Waals surface area contributed by atoms with E-state index in [0.717, 1.165) is 0 Å². The van der Waals surface area contributed by atoms with Gasteiger partial charge >= 0.3 is 0 Å². The Balaban J connectivity index is 2.26. The number of carbonyl (C=O) groups excluding carboxylic acids is 1. The van der Waals surface area contributed by atoms with Gasteiger partial charge in [-0.2, -0.15) is 0 Å². The molecule has 4 N–H and O–H groups in total. The number of nitrogens with two attached hydrogens (primary N) is 1. The smallest absolute Gasteiger partial charge is 0.258 e. The molecule has 2 aromatic carbocycles. The molecule has 0 radical (unpaired) electrons. The number of rotatable bonds is 3. The lowest BCUT2D eigenvalue weighted by Gasteiger charge is -2.08. The van der Waals surface area contributed by atoms with Gasteiger partial charge in [-0.15, -0.1) is 0 Å². The third-order valence-corrected chi connectivity index (χ3v) is 3.19. The molecule has 0 unspecified atom stereocenters. The molecule has 5 nitrogen and oxygen atoms in total. The molecule has 7 heteroatoms. The monoisotopic (exact) mass is 351 g/mol. The van der Waals surface area contributed by atoms with Gasteiger partial charge in [0.2, 0.25) is 0 Å². The number of nitrogens with one attached hydrogen (secondary N) is 1. The molecule has 2 aromatic rings. The van der Waals surface area contributed by atoms with Crippen molar-refractivity contribution in [2.24, 2.45) is 10.9 Å². The molecule has 0 saturated carbocycles. The van der Waals surface area contributed by atoms with E-state index in [2.05, 4.69) is 26.4 Å². The summed E-state index contributed by atoms with van der Waals surface area (Å²) in [5, 5.41) is 14.1. The van der Waals surface area contributed by atoms with Crippen LogP contribution in [0.2, 0.25) is 0 Å². The summed E-state index contributed by atoms with van der Waals surface area (Å²) in [5.41, 5.74) is 6.23. The average molecular weight is 352 g/mol. The van der Waals surface area contributed by atoms with Crippen molar-refractivity contribution in [3.05, 3.63) is 63.9 Å². The maximum atomic E-state index is 13.6. The molecule has 1 amide bonds. The highest BCUT2D eigenvalue weighted by atomic mass is 79.9. The quantitative estimate of drug-likeness (QED) is 0.344. The summed E-state index contributed by atoms with van der Waals surface area (Å²) in [6, 6.07) is 10.5. The zero-order valence-electron chi connectivity index (χ0n) is 10.7. The molecule has 0 aliphatic heterocycles. The van der Waals surface area contributed by atoms with E-state index in [1.165, 1.54) is 24.3 Å². The third-order valence-electron chi connectivity index (χ3n) is 2.70. The van der Waals surface area contributed by atoms with Gasteiger partial charge in [-0.25, -0.2) is 4.39 Å². The minimum absolute atomic E-state index is 0.0836. The fraction of sp³-hybridized carbons (Fsp3) is 0. The van der Waals surface area contributed by atoms with E-state index in [4.69, 9.17) is 10.9 Å². The Morgan fingerprint density at radius 2 is 2.05 bits per heavy atom. The van der Waals surface area contributed by atoms with E-state index in [9.17, 15) is 9.18 Å². The number of halogens is 2. The van der Waals surface area contributed by atoms with Gasteiger partial charge in [0.05, 0.1) is 5.56 Å². The van der Waals surface area contributed by atoms with Crippen molar-refractivity contribution in [1.82, 2.24) is 0 Å². The van der Waals surface area contributed by atoms with E-state index in [1.54, 1.807) is 18.2 Å². The molecule has 0 spiro atoms. The molecular weight excluding hydrogens is 341 g/mol. The van der Waals surface area contributed by atoms with Gasteiger partial charge in [0.1, 0.15) is 5.82 Å². The first kappa shape index (κ1) is 15.0. The number of hydrogen-bond donors (Lipinski definition) is 3. The zero-order valence-corrected chi connectivity index (χ0v) is 12.3. The van der Waals surface area contributed by atoms with Gasteiger partial charge in [0.15, 0.2) is 5.84 Å². The van der Waals surface area contributed by atoms with Crippen LogP contribution in [0.15, 0.2) is 52.1 Å². The van der Waals surface area contributed by atoms with Crippen molar-refractivity contribution in [2.45, 2.75) is 0 Å². The topological polar surface area (TPSA) is 87.7 Å². The fourth-order valence-electron chi connectivity index (χ4n) is 1.68. The summed E-state index contributed by atoms with van der Waals surface area (Å²) in [6.07, 6.45) is 0. The normalized spacial score (nSPS) is 11.2. The number of benzene rings is 2. The summed E-state index contributed by atoms with van der Waals surface area (Å²) in [5.74, 6) is -1.30. The van der Waals surface area contributed by atoms with Gasteiger partial charge in [-0.05, 0) is 30.3 Å². The first-order valence-corrected chi connectivity index (χ1v) is 6.65. The summed E-state index contributed by atoms with van der Waals surface area (Å²) in [4.78, 5) is 12.1. The predicted octanol–water partition coefficient (Wildman–Crippen LogP) is 2.94. The van der Waals surface area contributed by atoms with Crippen LogP contribution < -0.4 is 11.1 Å². The second-order valence-corrected chi connectivity index (χ2v) is 5.06. The summed E-state index contributed by atoms with van der Waals surface area (Å²) < 4.78 is 14.2. The molecular formula is C14H11BrFN3O2. The lowest BCUT2D eigenvalue weighted by molar-refractivity contribution is 0.102. The van der Waals surface area contributed by atoms with E-state index in [1.807, 2.05) is 0 Å². The van der Waals surface area contributed by atoms with Crippen LogP contribution >= 0.6 is 15.9 Å². The van der Waals surface area contributed by atoms with Crippen LogP contribution in [0.5, 0.6) is 0 Å². The van der Waals surface area contributed by atoms with Gasteiger partial charge in [0, 0.05) is 15.7 Å². The van der Waals surface area contributed by atoms with E-state index < -0.39 is 11.7 Å². The minimum Gasteiger partial charge on any atom is -0.409 e. The van der Waals surface area contributed by atoms with Crippen LogP contribution in [-0.4, -0.2) is 17.0 Å². The maximum Gasteiger partial charge on any atom is 0.258 e. The lowest BCUT2D eigenvalue weighted by atomic mass is 10.1. The second kappa shape index (κ2) is 6.36. The maximum absolute atomic E-state index is 13.6. The summed E-state index contributed by atoms with van der Waals surface area (Å²) >= 11 is 3.18. The number of amides is 1. The largest absolute Gasteiger partial charge is 0.409 e. The molecule has 0 fully saturated rings. The standard InChI is InChI=1S/C14H11BrFN3O2/c15-9-4-5-12(16)11(7-9)14(20)18-10-3-1-2-8(6-10)13(17)19-21/h1-7,21H,(H2,17,19)(H,18,20). The van der Waals surface area contributed by atoms with Crippen LogP contribution in [0.4, 0.5) is 10.1 Å². The van der Waals surface area contributed by atoms with Crippen LogP contribution in [0, 0.1) is 5.82 Å². The van der Waals surface area contributed by atoms with Gasteiger partial charge in [0.25, 0.3) is 5.91 Å². The molecule has 0 aliphatic rings. The second-order valence-electron chi connectivity index (χ2n) is 4.14. The van der Waals surface area contributed by atoms with Crippen molar-refractivity contribution in [3.63, 3.8) is 0 Å². The Hall–Kier alpha value is -2.41. The number of nitrogens with zero attached hydrogens (tertiary/aromatic N) is 1. The molecule has 0 atom stereocenters.